The first-order chi connectivity index (χ1) is 8.25. The Kier molecular flexibility index (Phi) is 4.81. The van der Waals surface area contributed by atoms with Gasteiger partial charge in [-0.3, -0.25) is 0 Å². The summed E-state index contributed by atoms with van der Waals surface area (Å²) in [6.07, 6.45) is 9.39. The maximum atomic E-state index is 5.81. The van der Waals surface area contributed by atoms with Crippen LogP contribution in [0.3, 0.4) is 0 Å². The number of rotatable bonds is 4. The molecular formula is C15H24O2. The van der Waals surface area contributed by atoms with Crippen molar-refractivity contribution in [2.45, 2.75) is 51.7 Å². The monoisotopic (exact) mass is 236 g/mol. The van der Waals surface area contributed by atoms with Crippen LogP contribution in [0, 0.1) is 5.92 Å². The van der Waals surface area contributed by atoms with Crippen molar-refractivity contribution in [2.24, 2.45) is 5.92 Å². The first kappa shape index (κ1) is 12.8. The molecule has 1 aliphatic carbocycles. The maximum Gasteiger partial charge on any atom is 0.158 e. The second kappa shape index (κ2) is 6.36. The third-order valence-corrected chi connectivity index (χ3v) is 3.79. The van der Waals surface area contributed by atoms with Gasteiger partial charge in [-0.25, -0.2) is 0 Å². The van der Waals surface area contributed by atoms with Crippen LogP contribution in [0.5, 0.6) is 0 Å². The Labute approximate surface area is 105 Å². The van der Waals surface area contributed by atoms with Gasteiger partial charge in [0.2, 0.25) is 0 Å². The Bertz CT molecular complexity index is 287. The van der Waals surface area contributed by atoms with Gasteiger partial charge in [-0.15, -0.1) is 0 Å². The summed E-state index contributed by atoms with van der Waals surface area (Å²) >= 11 is 0. The van der Waals surface area contributed by atoms with Crippen molar-refractivity contribution in [3.63, 3.8) is 0 Å². The summed E-state index contributed by atoms with van der Waals surface area (Å²) in [4.78, 5) is 0. The minimum absolute atomic E-state index is 0.0449. The number of allylic oxidation sites excluding steroid dienone is 2. The van der Waals surface area contributed by atoms with Crippen molar-refractivity contribution in [2.75, 3.05) is 13.2 Å². The lowest BCUT2D eigenvalue weighted by atomic mass is 9.86. The molecule has 0 saturated carbocycles. The molecule has 1 saturated heterocycles. The van der Waals surface area contributed by atoms with Crippen molar-refractivity contribution >= 4 is 0 Å². The minimum atomic E-state index is 0.0449. The van der Waals surface area contributed by atoms with Crippen molar-refractivity contribution in [1.29, 1.82) is 0 Å². The summed E-state index contributed by atoms with van der Waals surface area (Å²) in [6.45, 7) is 7.80. The summed E-state index contributed by atoms with van der Waals surface area (Å²) in [7, 11) is 0. The highest BCUT2D eigenvalue weighted by Gasteiger charge is 2.17. The molecule has 0 aromatic heterocycles. The zero-order chi connectivity index (χ0) is 12.1. The van der Waals surface area contributed by atoms with E-state index in [4.69, 9.17) is 9.47 Å². The van der Waals surface area contributed by atoms with Gasteiger partial charge in [-0.05, 0) is 56.9 Å². The van der Waals surface area contributed by atoms with Crippen molar-refractivity contribution < 1.29 is 9.47 Å². The Hall–Kier alpha value is -0.600. The minimum Gasteiger partial charge on any atom is -0.353 e. The van der Waals surface area contributed by atoms with Crippen LogP contribution in [0.1, 0.15) is 45.4 Å². The van der Waals surface area contributed by atoms with Crippen molar-refractivity contribution in [3.05, 3.63) is 23.8 Å². The normalized spacial score (nSPS) is 29.8. The van der Waals surface area contributed by atoms with Gasteiger partial charge in [0, 0.05) is 6.61 Å². The first-order valence-electron chi connectivity index (χ1n) is 6.82. The molecule has 1 heterocycles. The van der Waals surface area contributed by atoms with E-state index in [9.17, 15) is 0 Å². The van der Waals surface area contributed by atoms with E-state index in [2.05, 4.69) is 19.6 Å². The summed E-state index contributed by atoms with van der Waals surface area (Å²) in [5.41, 5.74) is 2.76. The fourth-order valence-electron chi connectivity index (χ4n) is 2.51. The molecular weight excluding hydrogens is 212 g/mol. The molecule has 2 rings (SSSR count). The predicted molar refractivity (Wildman–Crippen MR) is 69.8 cm³/mol. The molecule has 1 aliphatic heterocycles. The molecule has 0 amide bonds. The van der Waals surface area contributed by atoms with E-state index in [0.717, 1.165) is 32.5 Å². The Morgan fingerprint density at radius 2 is 2.35 bits per heavy atom. The SMILES string of the molecule is C=C(C)C1CC=C(COC2CCCCO2)CC1. The molecule has 0 aromatic carbocycles. The Balaban J connectivity index is 1.71. The van der Waals surface area contributed by atoms with Crippen LogP contribution in [-0.2, 0) is 9.47 Å². The van der Waals surface area contributed by atoms with Crippen LogP contribution in [0.15, 0.2) is 23.8 Å². The largest absolute Gasteiger partial charge is 0.353 e. The standard InChI is InChI=1S/C15H24O2/c1-12(2)14-8-6-13(7-9-14)11-17-15-5-3-4-10-16-15/h6,14-15H,1,3-5,7-11H2,2H3. The topological polar surface area (TPSA) is 18.5 Å². The van der Waals surface area contributed by atoms with Crippen LogP contribution in [0.25, 0.3) is 0 Å². The molecule has 2 heteroatoms. The zero-order valence-electron chi connectivity index (χ0n) is 10.9. The number of hydrogen-bond donors (Lipinski definition) is 0. The highest BCUT2D eigenvalue weighted by molar-refractivity contribution is 5.12. The molecule has 2 unspecified atom stereocenters. The third-order valence-electron chi connectivity index (χ3n) is 3.79. The number of hydrogen-bond acceptors (Lipinski definition) is 2. The van der Waals surface area contributed by atoms with E-state index >= 15 is 0 Å². The molecule has 1 fully saturated rings. The van der Waals surface area contributed by atoms with Crippen LogP contribution >= 0.6 is 0 Å². The molecule has 2 nitrogen and oxygen atoms in total. The second-order valence-electron chi connectivity index (χ2n) is 5.29. The van der Waals surface area contributed by atoms with Gasteiger partial charge in [0.25, 0.3) is 0 Å². The van der Waals surface area contributed by atoms with Gasteiger partial charge < -0.3 is 9.47 Å². The van der Waals surface area contributed by atoms with Gasteiger partial charge in [-0.2, -0.15) is 0 Å². The van der Waals surface area contributed by atoms with E-state index < -0.39 is 0 Å². The molecule has 96 valence electrons. The lowest BCUT2D eigenvalue weighted by Crippen LogP contribution is -2.23. The van der Waals surface area contributed by atoms with Crippen LogP contribution in [0.4, 0.5) is 0 Å². The Morgan fingerprint density at radius 1 is 1.47 bits per heavy atom. The molecule has 2 atom stereocenters. The molecule has 0 radical (unpaired) electrons. The average Bonchev–Trinajstić information content (AvgIpc) is 2.38. The Morgan fingerprint density at radius 3 is 2.94 bits per heavy atom. The van der Waals surface area contributed by atoms with E-state index in [1.807, 2.05) is 0 Å². The van der Waals surface area contributed by atoms with Gasteiger partial charge >= 0.3 is 0 Å². The molecule has 2 aliphatic rings. The molecule has 0 bridgehead atoms. The highest BCUT2D eigenvalue weighted by atomic mass is 16.7. The van der Waals surface area contributed by atoms with Gasteiger partial charge in [0.05, 0.1) is 6.61 Å². The lowest BCUT2D eigenvalue weighted by molar-refractivity contribution is -0.157. The van der Waals surface area contributed by atoms with Gasteiger partial charge in [0.15, 0.2) is 6.29 Å². The van der Waals surface area contributed by atoms with E-state index in [1.54, 1.807) is 0 Å². The molecule has 17 heavy (non-hydrogen) atoms. The van der Waals surface area contributed by atoms with Crippen LogP contribution in [0.2, 0.25) is 0 Å². The average molecular weight is 236 g/mol. The fourth-order valence-corrected chi connectivity index (χ4v) is 2.51. The van der Waals surface area contributed by atoms with Gasteiger partial charge in [0.1, 0.15) is 0 Å². The van der Waals surface area contributed by atoms with E-state index in [0.29, 0.717) is 5.92 Å². The molecule has 0 spiro atoms. The van der Waals surface area contributed by atoms with Crippen LogP contribution < -0.4 is 0 Å². The number of ether oxygens (including phenoxy) is 2. The highest BCUT2D eigenvalue weighted by Crippen LogP contribution is 2.28. The third kappa shape index (κ3) is 3.97. The summed E-state index contributed by atoms with van der Waals surface area (Å²) in [5, 5.41) is 0. The first-order valence-corrected chi connectivity index (χ1v) is 6.82. The maximum absolute atomic E-state index is 5.81. The summed E-state index contributed by atoms with van der Waals surface area (Å²) in [6, 6.07) is 0. The fraction of sp³-hybridized carbons (Fsp3) is 0.733. The smallest absolute Gasteiger partial charge is 0.158 e. The van der Waals surface area contributed by atoms with Gasteiger partial charge in [-0.1, -0.05) is 18.2 Å². The lowest BCUT2D eigenvalue weighted by Gasteiger charge is -2.26. The second-order valence-corrected chi connectivity index (χ2v) is 5.29. The quantitative estimate of drug-likeness (QED) is 0.691. The molecule has 0 aromatic rings. The van der Waals surface area contributed by atoms with Crippen molar-refractivity contribution in [1.82, 2.24) is 0 Å². The van der Waals surface area contributed by atoms with E-state index in [-0.39, 0.29) is 6.29 Å². The van der Waals surface area contributed by atoms with Crippen molar-refractivity contribution in [3.8, 4) is 0 Å². The van der Waals surface area contributed by atoms with E-state index in [1.165, 1.54) is 30.4 Å². The summed E-state index contributed by atoms with van der Waals surface area (Å²) in [5.74, 6) is 0.685. The van der Waals surface area contributed by atoms with Crippen LogP contribution in [-0.4, -0.2) is 19.5 Å². The summed E-state index contributed by atoms with van der Waals surface area (Å²) < 4.78 is 11.4. The zero-order valence-corrected chi connectivity index (χ0v) is 10.9. The predicted octanol–water partition coefficient (Wildman–Crippen LogP) is 3.83. The molecule has 0 N–H and O–H groups in total.